The van der Waals surface area contributed by atoms with Crippen LogP contribution in [-0.2, 0) is 6.42 Å². The molecule has 114 valence electrons. The zero-order chi connectivity index (χ0) is 14.9. The van der Waals surface area contributed by atoms with E-state index in [9.17, 15) is 0 Å². The summed E-state index contributed by atoms with van der Waals surface area (Å²) in [5.41, 5.74) is 0.297. The second kappa shape index (κ2) is 5.72. The summed E-state index contributed by atoms with van der Waals surface area (Å²) < 4.78 is 0. The third-order valence-corrected chi connectivity index (χ3v) is 4.34. The molecule has 0 radical (unpaired) electrons. The maximum atomic E-state index is 4.69. The first-order valence-electron chi connectivity index (χ1n) is 7.68. The van der Waals surface area contributed by atoms with Crippen molar-refractivity contribution in [1.82, 2.24) is 20.5 Å². The smallest absolute Gasteiger partial charge is 0.244 e. The predicted octanol–water partition coefficient (Wildman–Crippen LogP) is 2.22. The SMILES string of the molecule is CC1CN(c2n[nH]c(CC(C)C(C)(C)C)n2)CC(C)N1. The number of aromatic nitrogens is 3. The van der Waals surface area contributed by atoms with Gasteiger partial charge in [0.1, 0.15) is 5.82 Å². The van der Waals surface area contributed by atoms with Gasteiger partial charge in [-0.1, -0.05) is 27.7 Å². The van der Waals surface area contributed by atoms with Crippen molar-refractivity contribution >= 4 is 5.95 Å². The summed E-state index contributed by atoms with van der Waals surface area (Å²) in [5.74, 6) is 2.42. The second-order valence-corrected chi connectivity index (χ2v) is 7.43. The van der Waals surface area contributed by atoms with Crippen LogP contribution in [-0.4, -0.2) is 40.4 Å². The molecule has 2 N–H and O–H groups in total. The zero-order valence-electron chi connectivity index (χ0n) is 13.7. The Bertz CT molecular complexity index is 424. The van der Waals surface area contributed by atoms with Crippen LogP contribution in [0.4, 0.5) is 5.95 Å². The van der Waals surface area contributed by atoms with E-state index in [-0.39, 0.29) is 0 Å². The molecule has 1 fully saturated rings. The Morgan fingerprint density at radius 2 is 1.85 bits per heavy atom. The van der Waals surface area contributed by atoms with Crippen LogP contribution in [0.2, 0.25) is 0 Å². The molecule has 2 heterocycles. The number of aromatic amines is 1. The summed E-state index contributed by atoms with van der Waals surface area (Å²) >= 11 is 0. The molecule has 5 heteroatoms. The number of anilines is 1. The van der Waals surface area contributed by atoms with Crippen molar-refractivity contribution < 1.29 is 0 Å². The van der Waals surface area contributed by atoms with Crippen molar-refractivity contribution in [2.45, 2.75) is 60.0 Å². The van der Waals surface area contributed by atoms with Gasteiger partial charge < -0.3 is 10.2 Å². The van der Waals surface area contributed by atoms with Gasteiger partial charge in [0.25, 0.3) is 0 Å². The van der Waals surface area contributed by atoms with Crippen molar-refractivity contribution in [3.63, 3.8) is 0 Å². The van der Waals surface area contributed by atoms with Gasteiger partial charge in [0.2, 0.25) is 5.95 Å². The molecule has 0 spiro atoms. The second-order valence-electron chi connectivity index (χ2n) is 7.43. The lowest BCUT2D eigenvalue weighted by Gasteiger charge is -2.35. The minimum atomic E-state index is 0.297. The van der Waals surface area contributed by atoms with Crippen molar-refractivity contribution in [3.05, 3.63) is 5.82 Å². The Morgan fingerprint density at radius 3 is 2.40 bits per heavy atom. The molecule has 2 rings (SSSR count). The minimum Gasteiger partial charge on any atom is -0.336 e. The van der Waals surface area contributed by atoms with E-state index < -0.39 is 0 Å². The average Bonchev–Trinajstić information content (AvgIpc) is 2.75. The molecule has 0 aromatic carbocycles. The molecular weight excluding hydrogens is 250 g/mol. The van der Waals surface area contributed by atoms with Gasteiger partial charge in [-0.15, -0.1) is 5.10 Å². The number of nitrogens with zero attached hydrogens (tertiary/aromatic N) is 3. The number of rotatable bonds is 3. The van der Waals surface area contributed by atoms with Gasteiger partial charge in [0, 0.05) is 31.6 Å². The summed E-state index contributed by atoms with van der Waals surface area (Å²) in [4.78, 5) is 6.96. The third kappa shape index (κ3) is 3.72. The van der Waals surface area contributed by atoms with Crippen LogP contribution in [0, 0.1) is 11.3 Å². The highest BCUT2D eigenvalue weighted by molar-refractivity contribution is 5.30. The monoisotopic (exact) mass is 279 g/mol. The van der Waals surface area contributed by atoms with Gasteiger partial charge in [-0.2, -0.15) is 4.98 Å². The Kier molecular flexibility index (Phi) is 4.37. The van der Waals surface area contributed by atoms with E-state index in [2.05, 4.69) is 66.9 Å². The lowest BCUT2D eigenvalue weighted by molar-refractivity contribution is 0.257. The van der Waals surface area contributed by atoms with E-state index in [1.54, 1.807) is 0 Å². The summed E-state index contributed by atoms with van der Waals surface area (Å²) in [6.07, 6.45) is 0.952. The average molecular weight is 279 g/mol. The van der Waals surface area contributed by atoms with E-state index >= 15 is 0 Å². The van der Waals surface area contributed by atoms with Gasteiger partial charge in [-0.3, -0.25) is 5.10 Å². The molecule has 1 aliphatic rings. The number of hydrogen-bond donors (Lipinski definition) is 2. The number of piperazine rings is 1. The van der Waals surface area contributed by atoms with Crippen LogP contribution < -0.4 is 10.2 Å². The third-order valence-electron chi connectivity index (χ3n) is 4.34. The molecule has 0 aliphatic carbocycles. The highest BCUT2D eigenvalue weighted by atomic mass is 15.4. The van der Waals surface area contributed by atoms with Crippen molar-refractivity contribution in [1.29, 1.82) is 0 Å². The lowest BCUT2D eigenvalue weighted by Crippen LogP contribution is -2.54. The van der Waals surface area contributed by atoms with Gasteiger partial charge in [-0.05, 0) is 25.2 Å². The summed E-state index contributed by atoms with van der Waals surface area (Å²) in [6, 6.07) is 0.961. The molecule has 1 saturated heterocycles. The highest BCUT2D eigenvalue weighted by Crippen LogP contribution is 2.27. The van der Waals surface area contributed by atoms with Crippen LogP contribution in [0.25, 0.3) is 0 Å². The largest absolute Gasteiger partial charge is 0.336 e. The van der Waals surface area contributed by atoms with E-state index in [0.29, 0.717) is 23.4 Å². The number of nitrogens with one attached hydrogen (secondary N) is 2. The Morgan fingerprint density at radius 1 is 1.25 bits per heavy atom. The number of H-pyrrole nitrogens is 1. The fraction of sp³-hybridized carbons (Fsp3) is 0.867. The fourth-order valence-electron chi connectivity index (χ4n) is 2.60. The standard InChI is InChI=1S/C15H29N5/c1-10(15(4,5)6)7-13-17-14(19-18-13)20-8-11(2)16-12(3)9-20/h10-12,16H,7-9H2,1-6H3,(H,17,18,19). The van der Waals surface area contributed by atoms with E-state index in [1.165, 1.54) is 0 Å². The molecule has 0 saturated carbocycles. The van der Waals surface area contributed by atoms with Crippen LogP contribution in [0.3, 0.4) is 0 Å². The van der Waals surface area contributed by atoms with Gasteiger partial charge in [0.15, 0.2) is 0 Å². The Balaban J connectivity index is 2.02. The molecule has 3 atom stereocenters. The fourth-order valence-corrected chi connectivity index (χ4v) is 2.60. The molecular formula is C15H29N5. The van der Waals surface area contributed by atoms with Crippen molar-refractivity contribution in [2.75, 3.05) is 18.0 Å². The van der Waals surface area contributed by atoms with Crippen LogP contribution in [0.5, 0.6) is 0 Å². The molecule has 0 bridgehead atoms. The maximum Gasteiger partial charge on any atom is 0.244 e. The van der Waals surface area contributed by atoms with E-state index in [0.717, 1.165) is 31.3 Å². The Labute approximate surface area is 122 Å². The summed E-state index contributed by atoms with van der Waals surface area (Å²) in [6.45, 7) is 15.4. The van der Waals surface area contributed by atoms with Crippen molar-refractivity contribution in [3.8, 4) is 0 Å². The first-order chi connectivity index (χ1) is 9.25. The molecule has 1 aromatic heterocycles. The van der Waals surface area contributed by atoms with E-state index in [4.69, 9.17) is 0 Å². The normalized spacial score (nSPS) is 25.8. The molecule has 3 unspecified atom stereocenters. The first kappa shape index (κ1) is 15.3. The van der Waals surface area contributed by atoms with E-state index in [1.807, 2.05) is 0 Å². The molecule has 1 aromatic rings. The topological polar surface area (TPSA) is 56.8 Å². The predicted molar refractivity (Wildman–Crippen MR) is 83.0 cm³/mol. The zero-order valence-corrected chi connectivity index (χ0v) is 13.7. The first-order valence-corrected chi connectivity index (χ1v) is 7.68. The van der Waals surface area contributed by atoms with Crippen LogP contribution >= 0.6 is 0 Å². The summed E-state index contributed by atoms with van der Waals surface area (Å²) in [5, 5.41) is 11.0. The van der Waals surface area contributed by atoms with Gasteiger partial charge >= 0.3 is 0 Å². The van der Waals surface area contributed by atoms with Crippen LogP contribution in [0.15, 0.2) is 0 Å². The highest BCUT2D eigenvalue weighted by Gasteiger charge is 2.25. The molecule has 20 heavy (non-hydrogen) atoms. The maximum absolute atomic E-state index is 4.69. The minimum absolute atomic E-state index is 0.297. The Hall–Kier alpha value is -1.10. The lowest BCUT2D eigenvalue weighted by atomic mass is 9.80. The van der Waals surface area contributed by atoms with Crippen molar-refractivity contribution in [2.24, 2.45) is 11.3 Å². The molecule has 5 nitrogen and oxygen atoms in total. The summed E-state index contributed by atoms with van der Waals surface area (Å²) in [7, 11) is 0. The van der Waals surface area contributed by atoms with Gasteiger partial charge in [0.05, 0.1) is 0 Å². The quantitative estimate of drug-likeness (QED) is 0.891. The van der Waals surface area contributed by atoms with Crippen LogP contribution in [0.1, 0.15) is 47.4 Å². The number of hydrogen-bond acceptors (Lipinski definition) is 4. The molecule has 0 amide bonds. The molecule has 1 aliphatic heterocycles. The van der Waals surface area contributed by atoms with Gasteiger partial charge in [-0.25, -0.2) is 0 Å².